The second-order valence-electron chi connectivity index (χ2n) is 24.1. The van der Waals surface area contributed by atoms with Gasteiger partial charge in [-0.2, -0.15) is 0 Å². The fourth-order valence-electron chi connectivity index (χ4n) is 10.0. The van der Waals surface area contributed by atoms with Crippen LogP contribution in [0, 0.1) is 0 Å². The van der Waals surface area contributed by atoms with Crippen LogP contribution >= 0.6 is 0 Å². The Morgan fingerprint density at radius 2 is 0.358 bits per heavy atom. The van der Waals surface area contributed by atoms with Crippen molar-refractivity contribution in [2.45, 2.75) is 0 Å². The average molecular weight is 1670 g/mol. The van der Waals surface area contributed by atoms with E-state index in [0.717, 1.165) is 146 Å². The Morgan fingerprint density at radius 3 is 0.683 bits per heavy atom. The average Bonchev–Trinajstić information content (AvgIpc) is 0.811. The van der Waals surface area contributed by atoms with Crippen LogP contribution < -0.4 is 0 Å². The number of phenols is 36. The lowest BCUT2D eigenvalue weighted by molar-refractivity contribution is 0.102. The predicted octanol–water partition coefficient (Wildman–Crippen LogP) is 6.91. The molecule has 0 spiro atoms. The molecule has 0 heterocycles. The van der Waals surface area contributed by atoms with E-state index in [1.807, 2.05) is 0 Å². The molecule has 0 atom stereocenters. The van der Waals surface area contributed by atoms with Gasteiger partial charge in [-0.25, -0.2) is 0 Å². The largest absolute Gasteiger partial charge is 0.508 e. The molecule has 0 bridgehead atoms. The van der Waals surface area contributed by atoms with Crippen LogP contribution in [0.2, 0.25) is 0 Å². The van der Waals surface area contributed by atoms with E-state index < -0.39 is 281 Å². The highest BCUT2D eigenvalue weighted by Gasteiger charge is 2.31. The minimum Gasteiger partial charge on any atom is -0.508 e. The molecular weight excluding hydrogens is 1610 g/mol. The highest BCUT2D eigenvalue weighted by atomic mass is 16.4. The van der Waals surface area contributed by atoms with Gasteiger partial charge in [0.05, 0.1) is 38.9 Å². The second kappa shape index (κ2) is 35.4. The van der Waals surface area contributed by atoms with Crippen molar-refractivity contribution < 1.29 is 213 Å². The molecule has 0 fully saturated rings. The van der Waals surface area contributed by atoms with Gasteiger partial charge >= 0.3 is 0 Å². The van der Waals surface area contributed by atoms with Crippen molar-refractivity contribution in [2.75, 3.05) is 0 Å². The third-order valence-corrected chi connectivity index (χ3v) is 16.2. The van der Waals surface area contributed by atoms with Crippen molar-refractivity contribution in [1.29, 1.82) is 0 Å². The lowest BCUT2D eigenvalue weighted by Gasteiger charge is -2.10. The lowest BCUT2D eigenvalue weighted by atomic mass is 9.99. The first-order valence-corrected chi connectivity index (χ1v) is 32.2. The highest BCUT2D eigenvalue weighted by molar-refractivity contribution is 6.17. The number of hydrogen-bond donors (Lipinski definition) is 36. The molecule has 36 N–H and O–H groups in total. The van der Waals surface area contributed by atoms with Gasteiger partial charge in [-0.1, -0.05) is 0 Å². The molecule has 624 valence electrons. The number of carbonyl (C=O) groups is 6. The summed E-state index contributed by atoms with van der Waals surface area (Å²) in [5.41, 5.74) is -5.41. The number of benzene rings is 12. The third kappa shape index (κ3) is 18.6. The quantitative estimate of drug-likeness (QED) is 0.0335. The molecule has 12 aromatic carbocycles. The molecule has 42 nitrogen and oxygen atoms in total. The van der Waals surface area contributed by atoms with E-state index in [1.165, 1.54) is 0 Å². The van der Waals surface area contributed by atoms with Crippen LogP contribution in [-0.2, 0) is 0 Å². The Bertz CT molecular complexity index is 6090. The Balaban J connectivity index is 0.000000198. The van der Waals surface area contributed by atoms with Crippen molar-refractivity contribution >= 4 is 34.7 Å². The van der Waals surface area contributed by atoms with Crippen LogP contribution in [0.3, 0.4) is 0 Å². The van der Waals surface area contributed by atoms with Gasteiger partial charge in [0, 0.05) is 35.4 Å². The zero-order valence-electron chi connectivity index (χ0n) is 59.4. The molecule has 42 heteroatoms. The molecule has 120 heavy (non-hydrogen) atoms. The van der Waals surface area contributed by atoms with Crippen LogP contribution in [0.1, 0.15) is 95.5 Å². The molecule has 0 saturated carbocycles. The van der Waals surface area contributed by atoms with E-state index in [2.05, 4.69) is 0 Å². The molecule has 12 rings (SSSR count). The van der Waals surface area contributed by atoms with Gasteiger partial charge < -0.3 is 184 Å². The predicted molar refractivity (Wildman–Crippen MR) is 398 cm³/mol. The van der Waals surface area contributed by atoms with Gasteiger partial charge in [-0.15, -0.1) is 0 Å². The standard InChI is InChI=1S/6C13H10O7/c14-6-1-2-7(15)13(20)11(6)12(19)5-3-9(17)10(18)4-8(5)16;14-5-3-6(11(18)9(17)4-5)12(19)10-7(15)1-2-8(16)13(10)20;14-5-3-7(11(18)9(16)4-5)10(17)6-1-2-8(15)13(20)12(6)19;14-6-1-2-7(15)13(20)10(6)11(18)5-3-8(16)12(19)9(17)4-5;14-7-2-1-6(11(18)13(7)20)10(17)5-3-8(15)12(19)9(16)4-5;14-7-2-1-5(12(19)13(7)20)11(18)6-3-9(16)10(17)4-8(6)15/h2*1-4,14-18,20H;1-4,14-16,18-20H;1-4,14-17,19-20H;1-4,14-16,18-20H;1-4,14-17,19-20H. The molecule has 12 aromatic rings. The van der Waals surface area contributed by atoms with Crippen LogP contribution in [-0.4, -0.2) is 219 Å². The minimum atomic E-state index is -1.08. The Hall–Kier alpha value is -18.5. The Kier molecular flexibility index (Phi) is 26.2. The van der Waals surface area contributed by atoms with Gasteiger partial charge in [-0.05, 0) is 121 Å². The smallest absolute Gasteiger partial charge is 0.204 e. The molecule has 0 unspecified atom stereocenters. The van der Waals surface area contributed by atoms with Crippen molar-refractivity contribution in [3.63, 3.8) is 0 Å². The minimum absolute atomic E-state index is 0.224. The Labute approximate surface area is 664 Å². The van der Waals surface area contributed by atoms with E-state index in [1.54, 1.807) is 0 Å². The number of ketones is 6. The molecule has 0 aliphatic carbocycles. The summed E-state index contributed by atoms with van der Waals surface area (Å²) in [6, 6.07) is 21.9. The maximum absolute atomic E-state index is 12.2. The van der Waals surface area contributed by atoms with Crippen LogP contribution in [0.25, 0.3) is 0 Å². The van der Waals surface area contributed by atoms with Crippen molar-refractivity contribution in [2.24, 2.45) is 0 Å². The summed E-state index contributed by atoms with van der Waals surface area (Å²) >= 11 is 0. The first-order valence-electron chi connectivity index (χ1n) is 32.2. The molecule has 0 aliphatic heterocycles. The lowest BCUT2D eigenvalue weighted by Crippen LogP contribution is -2.03. The summed E-state index contributed by atoms with van der Waals surface area (Å²) in [4.78, 5) is 72.7. The number of carbonyl (C=O) groups excluding carboxylic acids is 6. The van der Waals surface area contributed by atoms with E-state index >= 15 is 0 Å². The van der Waals surface area contributed by atoms with E-state index in [9.17, 15) is 192 Å². The van der Waals surface area contributed by atoms with Gasteiger partial charge in [0.25, 0.3) is 0 Å². The topological polar surface area (TPSA) is 831 Å². The van der Waals surface area contributed by atoms with Crippen LogP contribution in [0.4, 0.5) is 0 Å². The zero-order valence-corrected chi connectivity index (χ0v) is 59.4. The molecule has 0 saturated heterocycles. The summed E-state index contributed by atoms with van der Waals surface area (Å²) < 4.78 is 0. The molecule has 0 radical (unpaired) electrons. The first-order chi connectivity index (χ1) is 55.9. The van der Waals surface area contributed by atoms with Gasteiger partial charge in [0.15, 0.2) is 155 Å². The first kappa shape index (κ1) is 88.7. The fourth-order valence-corrected chi connectivity index (χ4v) is 10.0. The van der Waals surface area contributed by atoms with Crippen molar-refractivity contribution in [1.82, 2.24) is 0 Å². The van der Waals surface area contributed by atoms with Gasteiger partial charge in [-0.3, -0.25) is 28.8 Å². The summed E-state index contributed by atoms with van der Waals surface area (Å²) in [5.74, 6) is -31.4. The summed E-state index contributed by atoms with van der Waals surface area (Å²) in [7, 11) is 0. The van der Waals surface area contributed by atoms with Gasteiger partial charge in [0.1, 0.15) is 56.9 Å². The number of rotatable bonds is 12. The van der Waals surface area contributed by atoms with Crippen molar-refractivity contribution in [3.05, 3.63) is 212 Å². The molecule has 0 amide bonds. The molecular formula is C78H60O42. The summed E-state index contributed by atoms with van der Waals surface area (Å²) in [6.45, 7) is 0. The zero-order chi connectivity index (χ0) is 90.1. The number of aromatic hydroxyl groups is 36. The number of phenolic OH excluding ortho intramolecular Hbond substituents is 36. The van der Waals surface area contributed by atoms with Crippen LogP contribution in [0.5, 0.6) is 207 Å². The highest BCUT2D eigenvalue weighted by Crippen LogP contribution is 2.48. The van der Waals surface area contributed by atoms with Gasteiger partial charge in [0.2, 0.25) is 46.2 Å². The SMILES string of the molecule is O=C(c1cc(O)c(O)c(O)c1)c1c(O)ccc(O)c1O.O=C(c1cc(O)c(O)c(O)c1)c1ccc(O)c(O)c1O.O=C(c1cc(O)c(O)cc1O)c1c(O)ccc(O)c1O.O=C(c1cc(O)c(O)cc1O)c1ccc(O)c(O)c1O.O=C(c1cc(O)cc(O)c1O)c1c(O)ccc(O)c1O.O=C(c1cc(O)cc(O)c1O)c1ccc(O)c(O)c1O. The van der Waals surface area contributed by atoms with Crippen molar-refractivity contribution in [3.8, 4) is 207 Å². The maximum atomic E-state index is 12.2. The fraction of sp³-hybridized carbons (Fsp3) is 0. The normalized spacial score (nSPS) is 10.4. The molecule has 0 aliphatic rings. The second-order valence-corrected chi connectivity index (χ2v) is 24.1. The molecule has 0 aromatic heterocycles. The summed E-state index contributed by atoms with van der Waals surface area (Å²) in [5, 5.41) is 338. The van der Waals surface area contributed by atoms with E-state index in [0.29, 0.717) is 0 Å². The Morgan fingerprint density at radius 1 is 0.133 bits per heavy atom. The third-order valence-electron chi connectivity index (χ3n) is 16.2. The number of hydrogen-bond acceptors (Lipinski definition) is 42. The van der Waals surface area contributed by atoms with E-state index in [4.69, 9.17) is 20.4 Å². The maximum Gasteiger partial charge on any atom is 0.204 e. The van der Waals surface area contributed by atoms with Crippen LogP contribution in [0.15, 0.2) is 146 Å². The summed E-state index contributed by atoms with van der Waals surface area (Å²) in [6.07, 6.45) is 0. The van der Waals surface area contributed by atoms with E-state index in [-0.39, 0.29) is 27.8 Å². The monoisotopic (exact) mass is 1670 g/mol.